The summed E-state index contributed by atoms with van der Waals surface area (Å²) in [5, 5.41) is 2.99. The molecule has 0 spiro atoms. The van der Waals surface area contributed by atoms with Crippen LogP contribution in [0.15, 0.2) is 42.5 Å². The standard InChI is InChI=1S/C18H21NO3/c1-12-5-10-17(22-4)16(11-12)13(2)19-18(20)14-6-8-15(21-3)9-7-14/h5-11,13H,1-4H3,(H,19,20)/t13-/m0/s1. The third-order valence-electron chi connectivity index (χ3n) is 3.55. The van der Waals surface area contributed by atoms with Crippen LogP contribution >= 0.6 is 0 Å². The van der Waals surface area contributed by atoms with Gasteiger partial charge in [-0.2, -0.15) is 0 Å². The molecule has 0 aliphatic rings. The molecule has 1 amide bonds. The van der Waals surface area contributed by atoms with Crippen molar-refractivity contribution in [3.63, 3.8) is 0 Å². The van der Waals surface area contributed by atoms with Gasteiger partial charge in [0.05, 0.1) is 20.3 Å². The lowest BCUT2D eigenvalue weighted by Gasteiger charge is -2.18. The van der Waals surface area contributed by atoms with Crippen LogP contribution in [-0.2, 0) is 0 Å². The molecule has 0 saturated carbocycles. The van der Waals surface area contributed by atoms with Gasteiger partial charge in [-0.3, -0.25) is 4.79 Å². The number of carbonyl (C=O) groups excluding carboxylic acids is 1. The number of ether oxygens (including phenoxy) is 2. The fourth-order valence-electron chi connectivity index (χ4n) is 2.29. The maximum absolute atomic E-state index is 12.3. The molecule has 116 valence electrons. The molecule has 0 radical (unpaired) electrons. The summed E-state index contributed by atoms with van der Waals surface area (Å²) in [5.41, 5.74) is 2.69. The first kappa shape index (κ1) is 15.9. The van der Waals surface area contributed by atoms with E-state index in [-0.39, 0.29) is 11.9 Å². The Labute approximate surface area is 131 Å². The molecule has 0 unspecified atom stereocenters. The van der Waals surface area contributed by atoms with Crippen LogP contribution in [0.3, 0.4) is 0 Å². The van der Waals surface area contributed by atoms with Crippen LogP contribution in [0.4, 0.5) is 0 Å². The van der Waals surface area contributed by atoms with Crippen molar-refractivity contribution in [2.45, 2.75) is 19.9 Å². The monoisotopic (exact) mass is 299 g/mol. The van der Waals surface area contributed by atoms with Crippen LogP contribution in [0.25, 0.3) is 0 Å². The summed E-state index contributed by atoms with van der Waals surface area (Å²) < 4.78 is 10.5. The highest BCUT2D eigenvalue weighted by atomic mass is 16.5. The van der Waals surface area contributed by atoms with E-state index < -0.39 is 0 Å². The minimum atomic E-state index is -0.149. The first-order valence-corrected chi connectivity index (χ1v) is 7.14. The van der Waals surface area contributed by atoms with E-state index in [0.717, 1.165) is 22.6 Å². The van der Waals surface area contributed by atoms with Crippen molar-refractivity contribution in [3.8, 4) is 11.5 Å². The minimum Gasteiger partial charge on any atom is -0.497 e. The molecule has 1 N–H and O–H groups in total. The van der Waals surface area contributed by atoms with Crippen molar-refractivity contribution < 1.29 is 14.3 Å². The van der Waals surface area contributed by atoms with Crippen molar-refractivity contribution in [1.82, 2.24) is 5.32 Å². The van der Waals surface area contributed by atoms with Gasteiger partial charge in [0.15, 0.2) is 0 Å². The number of hydrogen-bond acceptors (Lipinski definition) is 3. The third kappa shape index (κ3) is 3.58. The van der Waals surface area contributed by atoms with Gasteiger partial charge in [0.1, 0.15) is 11.5 Å². The Morgan fingerprint density at radius 2 is 1.73 bits per heavy atom. The molecule has 0 aromatic heterocycles. The molecule has 4 nitrogen and oxygen atoms in total. The molecule has 0 bridgehead atoms. The van der Waals surface area contributed by atoms with Crippen LogP contribution in [0.1, 0.15) is 34.5 Å². The summed E-state index contributed by atoms with van der Waals surface area (Å²) in [6, 6.07) is 12.8. The van der Waals surface area contributed by atoms with Gasteiger partial charge in [0, 0.05) is 11.1 Å². The molecule has 0 fully saturated rings. The molecule has 2 aromatic carbocycles. The zero-order valence-electron chi connectivity index (χ0n) is 13.3. The number of methoxy groups -OCH3 is 2. The molecule has 0 aliphatic heterocycles. The maximum atomic E-state index is 12.3. The van der Waals surface area contributed by atoms with Crippen molar-refractivity contribution in [1.29, 1.82) is 0 Å². The first-order chi connectivity index (χ1) is 10.5. The smallest absolute Gasteiger partial charge is 0.251 e. The SMILES string of the molecule is COc1ccc(C(=O)N[C@@H](C)c2cc(C)ccc2OC)cc1. The summed E-state index contributed by atoms with van der Waals surface area (Å²) in [4.78, 5) is 12.3. The maximum Gasteiger partial charge on any atom is 0.251 e. The third-order valence-corrected chi connectivity index (χ3v) is 3.55. The molecule has 2 aromatic rings. The number of carbonyl (C=O) groups is 1. The summed E-state index contributed by atoms with van der Waals surface area (Å²) in [6.45, 7) is 3.96. The second kappa shape index (κ2) is 6.98. The summed E-state index contributed by atoms with van der Waals surface area (Å²) in [7, 11) is 3.23. The molecule has 0 aliphatic carbocycles. The first-order valence-electron chi connectivity index (χ1n) is 7.14. The molecule has 2 rings (SSSR count). The Bertz CT molecular complexity index is 650. The van der Waals surface area contributed by atoms with Crippen LogP contribution in [0, 0.1) is 6.92 Å². The highest BCUT2D eigenvalue weighted by molar-refractivity contribution is 5.94. The Kier molecular flexibility index (Phi) is 5.04. The van der Waals surface area contributed by atoms with Crippen molar-refractivity contribution in [2.75, 3.05) is 14.2 Å². The van der Waals surface area contributed by atoms with E-state index >= 15 is 0 Å². The molecular formula is C18H21NO3. The molecule has 4 heteroatoms. The van der Waals surface area contributed by atoms with E-state index in [4.69, 9.17) is 9.47 Å². The van der Waals surface area contributed by atoms with Gasteiger partial charge in [-0.1, -0.05) is 17.7 Å². The molecule has 0 saturated heterocycles. The van der Waals surface area contributed by atoms with Gasteiger partial charge in [0.2, 0.25) is 0 Å². The summed E-state index contributed by atoms with van der Waals surface area (Å²) in [6.07, 6.45) is 0. The van der Waals surface area contributed by atoms with Crippen LogP contribution in [0.5, 0.6) is 11.5 Å². The van der Waals surface area contributed by atoms with Gasteiger partial charge in [-0.25, -0.2) is 0 Å². The Morgan fingerprint density at radius 1 is 1.05 bits per heavy atom. The molecular weight excluding hydrogens is 278 g/mol. The second-order valence-electron chi connectivity index (χ2n) is 5.17. The average molecular weight is 299 g/mol. The average Bonchev–Trinajstić information content (AvgIpc) is 2.54. The lowest BCUT2D eigenvalue weighted by Crippen LogP contribution is -2.27. The second-order valence-corrected chi connectivity index (χ2v) is 5.17. The van der Waals surface area contributed by atoms with E-state index in [9.17, 15) is 4.79 Å². The number of aryl methyl sites for hydroxylation is 1. The quantitative estimate of drug-likeness (QED) is 0.919. The summed E-state index contributed by atoms with van der Waals surface area (Å²) in [5.74, 6) is 1.37. The van der Waals surface area contributed by atoms with Crippen molar-refractivity contribution >= 4 is 5.91 Å². The van der Waals surface area contributed by atoms with Gasteiger partial charge in [-0.15, -0.1) is 0 Å². The minimum absolute atomic E-state index is 0.126. The Hall–Kier alpha value is -2.49. The van der Waals surface area contributed by atoms with Gasteiger partial charge in [-0.05, 0) is 44.2 Å². The van der Waals surface area contributed by atoms with Gasteiger partial charge < -0.3 is 14.8 Å². The van der Waals surface area contributed by atoms with E-state index in [1.54, 1.807) is 38.5 Å². The van der Waals surface area contributed by atoms with E-state index in [0.29, 0.717) is 5.56 Å². The van der Waals surface area contributed by atoms with Crippen LogP contribution in [-0.4, -0.2) is 20.1 Å². The predicted molar refractivity (Wildman–Crippen MR) is 86.6 cm³/mol. The zero-order chi connectivity index (χ0) is 16.1. The highest BCUT2D eigenvalue weighted by Crippen LogP contribution is 2.26. The number of hydrogen-bond donors (Lipinski definition) is 1. The van der Waals surface area contributed by atoms with Crippen molar-refractivity contribution in [3.05, 3.63) is 59.2 Å². The Balaban J connectivity index is 2.15. The lowest BCUT2D eigenvalue weighted by molar-refractivity contribution is 0.0939. The van der Waals surface area contributed by atoms with Crippen LogP contribution < -0.4 is 14.8 Å². The highest BCUT2D eigenvalue weighted by Gasteiger charge is 2.15. The number of amides is 1. The topological polar surface area (TPSA) is 47.6 Å². The van der Waals surface area contributed by atoms with Gasteiger partial charge >= 0.3 is 0 Å². The largest absolute Gasteiger partial charge is 0.497 e. The van der Waals surface area contributed by atoms with Crippen LogP contribution in [0.2, 0.25) is 0 Å². The fraction of sp³-hybridized carbons (Fsp3) is 0.278. The normalized spacial score (nSPS) is 11.6. The summed E-state index contributed by atoms with van der Waals surface area (Å²) >= 11 is 0. The number of rotatable bonds is 5. The zero-order valence-corrected chi connectivity index (χ0v) is 13.3. The van der Waals surface area contributed by atoms with E-state index in [1.807, 2.05) is 32.0 Å². The molecule has 0 heterocycles. The fourth-order valence-corrected chi connectivity index (χ4v) is 2.29. The lowest BCUT2D eigenvalue weighted by atomic mass is 10.0. The Morgan fingerprint density at radius 3 is 2.32 bits per heavy atom. The van der Waals surface area contributed by atoms with Gasteiger partial charge in [0.25, 0.3) is 5.91 Å². The van der Waals surface area contributed by atoms with E-state index in [1.165, 1.54) is 0 Å². The number of benzene rings is 2. The molecule has 1 atom stereocenters. The predicted octanol–water partition coefficient (Wildman–Crippen LogP) is 3.50. The number of nitrogens with one attached hydrogen (secondary N) is 1. The van der Waals surface area contributed by atoms with Crippen molar-refractivity contribution in [2.24, 2.45) is 0 Å². The molecule has 22 heavy (non-hydrogen) atoms. The van der Waals surface area contributed by atoms with E-state index in [2.05, 4.69) is 5.32 Å².